The van der Waals surface area contributed by atoms with E-state index < -0.39 is 0 Å². The van der Waals surface area contributed by atoms with Gasteiger partial charge in [0.05, 0.1) is 0 Å². The molecule has 6 rings (SSSR count). The Labute approximate surface area is 198 Å². The number of fused-ring (bicyclic) bond motifs is 3. The summed E-state index contributed by atoms with van der Waals surface area (Å²) >= 11 is 1.88. The molecule has 0 spiro atoms. The van der Waals surface area contributed by atoms with Crippen LogP contribution in [0.1, 0.15) is 5.56 Å². The Hall–Kier alpha value is -3.88. The molecule has 5 aromatic carbocycles. The molecular formula is C31H23NS. The summed E-state index contributed by atoms with van der Waals surface area (Å²) in [7, 11) is 0. The van der Waals surface area contributed by atoms with Crippen molar-refractivity contribution in [2.45, 2.75) is 6.92 Å². The van der Waals surface area contributed by atoms with Crippen LogP contribution < -0.4 is 4.90 Å². The first-order valence-corrected chi connectivity index (χ1v) is 12.0. The highest BCUT2D eigenvalue weighted by Gasteiger charge is 2.12. The minimum absolute atomic E-state index is 1.15. The molecule has 0 fully saturated rings. The van der Waals surface area contributed by atoms with Crippen molar-refractivity contribution in [2.75, 3.05) is 4.90 Å². The van der Waals surface area contributed by atoms with Gasteiger partial charge < -0.3 is 4.90 Å². The fourth-order valence-corrected chi connectivity index (χ4v) is 5.71. The standard InChI is InChI=1S/C31H23NS/c1-22-12-18-28-29-19-15-24(21-31(29)33-30(28)20-22)23-13-16-27(17-14-23)32(25-8-4-2-5-9-25)26-10-6-3-7-11-26/h2-21H,1H3. The highest BCUT2D eigenvalue weighted by molar-refractivity contribution is 7.25. The summed E-state index contributed by atoms with van der Waals surface area (Å²) < 4.78 is 2.70. The van der Waals surface area contributed by atoms with Crippen LogP contribution in [0.2, 0.25) is 0 Å². The Kier molecular flexibility index (Phi) is 4.93. The van der Waals surface area contributed by atoms with Gasteiger partial charge in [-0.15, -0.1) is 11.3 Å². The quantitative estimate of drug-likeness (QED) is 0.263. The molecule has 0 radical (unpaired) electrons. The normalized spacial score (nSPS) is 11.2. The zero-order chi connectivity index (χ0) is 22.2. The van der Waals surface area contributed by atoms with E-state index in [1.165, 1.54) is 36.9 Å². The number of para-hydroxylation sites is 2. The first-order valence-electron chi connectivity index (χ1n) is 11.2. The topological polar surface area (TPSA) is 3.24 Å². The van der Waals surface area contributed by atoms with Crippen LogP contribution in [0.3, 0.4) is 0 Å². The predicted octanol–water partition coefficient (Wildman–Crippen LogP) is 9.50. The molecule has 33 heavy (non-hydrogen) atoms. The van der Waals surface area contributed by atoms with Crippen LogP contribution in [-0.4, -0.2) is 0 Å². The maximum absolute atomic E-state index is 2.33. The van der Waals surface area contributed by atoms with Crippen molar-refractivity contribution in [2.24, 2.45) is 0 Å². The molecule has 0 atom stereocenters. The van der Waals surface area contributed by atoms with Crippen LogP contribution in [0, 0.1) is 6.92 Å². The van der Waals surface area contributed by atoms with E-state index in [4.69, 9.17) is 0 Å². The van der Waals surface area contributed by atoms with Crippen molar-refractivity contribution in [1.82, 2.24) is 0 Å². The van der Waals surface area contributed by atoms with E-state index in [1.54, 1.807) is 0 Å². The van der Waals surface area contributed by atoms with Gasteiger partial charge in [-0.1, -0.05) is 72.8 Å². The van der Waals surface area contributed by atoms with Crippen molar-refractivity contribution in [3.05, 3.63) is 127 Å². The Morgan fingerprint density at radius 3 is 1.64 bits per heavy atom. The average molecular weight is 442 g/mol. The van der Waals surface area contributed by atoms with Crippen LogP contribution in [0.4, 0.5) is 17.1 Å². The van der Waals surface area contributed by atoms with Gasteiger partial charge in [-0.25, -0.2) is 0 Å². The Morgan fingerprint density at radius 1 is 0.485 bits per heavy atom. The summed E-state index contributed by atoms with van der Waals surface area (Å²) in [6, 6.07) is 43.5. The molecule has 0 bridgehead atoms. The predicted molar refractivity (Wildman–Crippen MR) is 144 cm³/mol. The van der Waals surface area contributed by atoms with E-state index in [9.17, 15) is 0 Å². The fourth-order valence-electron chi connectivity index (χ4n) is 4.47. The Morgan fingerprint density at radius 2 is 1.00 bits per heavy atom. The van der Waals surface area contributed by atoms with E-state index >= 15 is 0 Å². The molecule has 2 heteroatoms. The second-order valence-corrected chi connectivity index (χ2v) is 9.45. The highest BCUT2D eigenvalue weighted by atomic mass is 32.1. The van der Waals surface area contributed by atoms with Gasteiger partial charge in [-0.3, -0.25) is 0 Å². The molecule has 1 heterocycles. The highest BCUT2D eigenvalue weighted by Crippen LogP contribution is 2.38. The van der Waals surface area contributed by atoms with Gasteiger partial charge in [0.25, 0.3) is 0 Å². The zero-order valence-electron chi connectivity index (χ0n) is 18.4. The smallest absolute Gasteiger partial charge is 0.0462 e. The zero-order valence-corrected chi connectivity index (χ0v) is 19.2. The lowest BCUT2D eigenvalue weighted by molar-refractivity contribution is 1.28. The molecule has 0 amide bonds. The lowest BCUT2D eigenvalue weighted by Gasteiger charge is -2.25. The van der Waals surface area contributed by atoms with E-state index in [1.807, 2.05) is 11.3 Å². The van der Waals surface area contributed by atoms with Crippen molar-refractivity contribution >= 4 is 48.6 Å². The minimum atomic E-state index is 1.15. The lowest BCUT2D eigenvalue weighted by Crippen LogP contribution is -2.09. The van der Waals surface area contributed by atoms with Crippen molar-refractivity contribution in [1.29, 1.82) is 0 Å². The molecule has 158 valence electrons. The van der Waals surface area contributed by atoms with E-state index in [0.29, 0.717) is 0 Å². The van der Waals surface area contributed by atoms with Crippen molar-refractivity contribution in [3.8, 4) is 11.1 Å². The van der Waals surface area contributed by atoms with Gasteiger partial charge in [0.15, 0.2) is 0 Å². The van der Waals surface area contributed by atoms with E-state index in [2.05, 4.69) is 133 Å². The second-order valence-electron chi connectivity index (χ2n) is 8.37. The van der Waals surface area contributed by atoms with Crippen molar-refractivity contribution in [3.63, 3.8) is 0 Å². The Bertz CT molecular complexity index is 1510. The van der Waals surface area contributed by atoms with Gasteiger partial charge in [0.1, 0.15) is 0 Å². The summed E-state index contributed by atoms with van der Waals surface area (Å²) in [6.45, 7) is 2.16. The molecule has 0 N–H and O–H groups in total. The molecule has 0 aliphatic rings. The van der Waals surface area contributed by atoms with Gasteiger partial charge in [0, 0.05) is 37.2 Å². The van der Waals surface area contributed by atoms with Crippen LogP contribution in [0.15, 0.2) is 121 Å². The number of rotatable bonds is 4. The van der Waals surface area contributed by atoms with Gasteiger partial charge >= 0.3 is 0 Å². The maximum Gasteiger partial charge on any atom is 0.0462 e. The number of hydrogen-bond acceptors (Lipinski definition) is 2. The summed E-state index contributed by atoms with van der Waals surface area (Å²) in [5.41, 5.74) is 7.25. The monoisotopic (exact) mass is 441 g/mol. The molecule has 0 saturated heterocycles. The molecule has 0 aliphatic carbocycles. The van der Waals surface area contributed by atoms with Crippen LogP contribution in [0.25, 0.3) is 31.3 Å². The third kappa shape index (κ3) is 3.69. The third-order valence-electron chi connectivity index (χ3n) is 6.12. The molecular weight excluding hydrogens is 418 g/mol. The largest absolute Gasteiger partial charge is 0.311 e. The van der Waals surface area contributed by atoms with Crippen LogP contribution in [0.5, 0.6) is 0 Å². The first-order chi connectivity index (χ1) is 16.3. The molecule has 1 nitrogen and oxygen atoms in total. The minimum Gasteiger partial charge on any atom is -0.311 e. The maximum atomic E-state index is 2.33. The SMILES string of the molecule is Cc1ccc2c(c1)sc1cc(-c3ccc(N(c4ccccc4)c4ccccc4)cc3)ccc12. The fraction of sp³-hybridized carbons (Fsp3) is 0.0323. The number of nitrogens with zero attached hydrogens (tertiary/aromatic N) is 1. The average Bonchev–Trinajstić information content (AvgIpc) is 3.22. The second kappa shape index (κ2) is 8.23. The summed E-state index contributed by atoms with van der Waals surface area (Å²) in [4.78, 5) is 2.29. The number of thiophene rings is 1. The molecule has 6 aromatic rings. The third-order valence-corrected chi connectivity index (χ3v) is 7.23. The number of aryl methyl sites for hydroxylation is 1. The van der Waals surface area contributed by atoms with Crippen LogP contribution in [-0.2, 0) is 0 Å². The molecule has 0 aliphatic heterocycles. The number of benzene rings is 5. The summed E-state index contributed by atoms with van der Waals surface area (Å²) in [5.74, 6) is 0. The number of anilines is 3. The van der Waals surface area contributed by atoms with E-state index in [0.717, 1.165) is 17.1 Å². The van der Waals surface area contributed by atoms with Gasteiger partial charge in [0.2, 0.25) is 0 Å². The summed E-state index contributed by atoms with van der Waals surface area (Å²) in [5, 5.41) is 2.69. The lowest BCUT2D eigenvalue weighted by atomic mass is 10.0. The first kappa shape index (κ1) is 19.8. The van der Waals surface area contributed by atoms with Crippen LogP contribution >= 0.6 is 11.3 Å². The van der Waals surface area contributed by atoms with Crippen molar-refractivity contribution < 1.29 is 0 Å². The summed E-state index contributed by atoms with van der Waals surface area (Å²) in [6.07, 6.45) is 0. The molecule has 0 unspecified atom stereocenters. The molecule has 1 aromatic heterocycles. The van der Waals surface area contributed by atoms with Gasteiger partial charge in [-0.2, -0.15) is 0 Å². The Balaban J connectivity index is 1.39. The number of hydrogen-bond donors (Lipinski definition) is 0. The van der Waals surface area contributed by atoms with E-state index in [-0.39, 0.29) is 0 Å². The molecule has 0 saturated carbocycles. The van der Waals surface area contributed by atoms with Gasteiger partial charge in [-0.05, 0) is 72.1 Å².